The molecular weight excluding hydrogens is 188 g/mol. The molecule has 0 aromatic rings. The molecule has 2 aliphatic rings. The van der Waals surface area contributed by atoms with E-state index in [1.165, 1.54) is 26.2 Å². The molecule has 0 aliphatic carbocycles. The molecule has 2 heterocycles. The van der Waals surface area contributed by atoms with Gasteiger partial charge in [-0.3, -0.25) is 19.6 Å². The van der Waals surface area contributed by atoms with E-state index in [9.17, 15) is 0 Å². The molecule has 2 atom stereocenters. The molecule has 15 heavy (non-hydrogen) atoms. The van der Waals surface area contributed by atoms with Crippen LogP contribution in [0.1, 0.15) is 13.8 Å². The Morgan fingerprint density at radius 1 is 0.800 bits per heavy atom. The molecule has 0 spiro atoms. The fourth-order valence-electron chi connectivity index (χ4n) is 2.49. The highest BCUT2D eigenvalue weighted by Gasteiger charge is 2.31. The Hall–Kier alpha value is -0.160. The van der Waals surface area contributed by atoms with Crippen molar-refractivity contribution in [2.75, 3.05) is 46.9 Å². The zero-order valence-corrected chi connectivity index (χ0v) is 10.5. The Morgan fingerprint density at radius 3 is 1.47 bits per heavy atom. The van der Waals surface area contributed by atoms with Gasteiger partial charge in [-0.1, -0.05) is 0 Å². The first-order valence-electron chi connectivity index (χ1n) is 5.98. The van der Waals surface area contributed by atoms with Crippen molar-refractivity contribution in [3.05, 3.63) is 0 Å². The molecule has 0 aromatic heterocycles. The Labute approximate surface area is 93.4 Å². The fourth-order valence-corrected chi connectivity index (χ4v) is 2.49. The number of hydrogen-bond acceptors (Lipinski definition) is 4. The van der Waals surface area contributed by atoms with Gasteiger partial charge in [-0.15, -0.1) is 0 Å². The Morgan fingerprint density at radius 2 is 1.20 bits per heavy atom. The summed E-state index contributed by atoms with van der Waals surface area (Å²) in [6.07, 6.45) is 1.20. The fraction of sp³-hybridized carbons (Fsp3) is 1.00. The predicted octanol–water partition coefficient (Wildman–Crippen LogP) is 0.131. The second kappa shape index (κ2) is 4.37. The van der Waals surface area contributed by atoms with Gasteiger partial charge in [0.25, 0.3) is 0 Å². The molecule has 2 aliphatic heterocycles. The minimum Gasteiger partial charge on any atom is -0.290 e. The Balaban J connectivity index is 1.87. The molecule has 2 rings (SSSR count). The molecule has 0 radical (unpaired) electrons. The third-order valence-electron chi connectivity index (χ3n) is 4.18. The van der Waals surface area contributed by atoms with E-state index < -0.39 is 0 Å². The zero-order valence-electron chi connectivity index (χ0n) is 10.5. The summed E-state index contributed by atoms with van der Waals surface area (Å²) in [5, 5.41) is 0. The van der Waals surface area contributed by atoms with Gasteiger partial charge in [0.1, 0.15) is 0 Å². The van der Waals surface area contributed by atoms with Gasteiger partial charge in [0.15, 0.2) is 0 Å². The van der Waals surface area contributed by atoms with E-state index in [4.69, 9.17) is 0 Å². The lowest BCUT2D eigenvalue weighted by atomic mass is 10.4. The highest BCUT2D eigenvalue weighted by atomic mass is 15.5. The van der Waals surface area contributed by atoms with Crippen LogP contribution in [0.15, 0.2) is 0 Å². The number of nitrogens with zero attached hydrogens (tertiary/aromatic N) is 4. The lowest BCUT2D eigenvalue weighted by molar-refractivity contribution is 0.0676. The van der Waals surface area contributed by atoms with Crippen molar-refractivity contribution in [2.45, 2.75) is 26.2 Å². The topological polar surface area (TPSA) is 13.0 Å². The molecule has 4 heteroatoms. The smallest absolute Gasteiger partial charge is 0.0603 e. The van der Waals surface area contributed by atoms with E-state index in [0.29, 0.717) is 12.3 Å². The van der Waals surface area contributed by atoms with Crippen LogP contribution < -0.4 is 0 Å². The lowest BCUT2D eigenvalue weighted by Crippen LogP contribution is -2.45. The van der Waals surface area contributed by atoms with E-state index in [1.807, 2.05) is 0 Å². The first kappa shape index (κ1) is 11.3. The van der Waals surface area contributed by atoms with Crippen molar-refractivity contribution in [3.63, 3.8) is 0 Å². The second-order valence-corrected chi connectivity index (χ2v) is 4.99. The molecule has 0 unspecified atom stereocenters. The molecule has 0 aromatic carbocycles. The maximum absolute atomic E-state index is 2.57. The molecule has 0 bridgehead atoms. The summed E-state index contributed by atoms with van der Waals surface area (Å²) in [5.41, 5.74) is 0. The third kappa shape index (κ3) is 2.18. The molecule has 0 saturated carbocycles. The van der Waals surface area contributed by atoms with Crippen LogP contribution in [0.25, 0.3) is 0 Å². The molecule has 88 valence electrons. The second-order valence-electron chi connectivity index (χ2n) is 4.99. The monoisotopic (exact) mass is 212 g/mol. The lowest BCUT2D eigenvalue weighted by Gasteiger charge is -2.31. The summed E-state index contributed by atoms with van der Waals surface area (Å²) in [6.45, 7) is 10.6. The van der Waals surface area contributed by atoms with Gasteiger partial charge < -0.3 is 0 Å². The van der Waals surface area contributed by atoms with Crippen LogP contribution in [0, 0.1) is 0 Å². The van der Waals surface area contributed by atoms with Gasteiger partial charge in [0.2, 0.25) is 0 Å². The van der Waals surface area contributed by atoms with Crippen molar-refractivity contribution in [1.82, 2.24) is 19.6 Å². The highest BCUT2D eigenvalue weighted by molar-refractivity contribution is 4.80. The predicted molar refractivity (Wildman–Crippen MR) is 62.5 cm³/mol. The van der Waals surface area contributed by atoms with Crippen LogP contribution in [0.2, 0.25) is 0 Å². The van der Waals surface area contributed by atoms with Crippen LogP contribution in [-0.4, -0.2) is 78.9 Å². The van der Waals surface area contributed by atoms with E-state index in [-0.39, 0.29) is 0 Å². The largest absolute Gasteiger partial charge is 0.290 e. The molecule has 2 saturated heterocycles. The van der Waals surface area contributed by atoms with Gasteiger partial charge >= 0.3 is 0 Å². The SMILES string of the molecule is C[C@@H]1N(C)CCN1CN1CCN(C)[C@@H]1C. The van der Waals surface area contributed by atoms with E-state index in [1.54, 1.807) is 0 Å². The third-order valence-corrected chi connectivity index (χ3v) is 4.18. The standard InChI is InChI=1S/C11H24N4/c1-10-12(3)5-7-14(10)9-15-8-6-13(4)11(15)2/h10-11H,5-9H2,1-4H3/t10-,11+. The molecule has 0 N–H and O–H groups in total. The van der Waals surface area contributed by atoms with Crippen molar-refractivity contribution in [1.29, 1.82) is 0 Å². The summed E-state index contributed by atoms with van der Waals surface area (Å²) in [6, 6.07) is 0. The van der Waals surface area contributed by atoms with Crippen LogP contribution in [0.3, 0.4) is 0 Å². The summed E-state index contributed by atoms with van der Waals surface area (Å²) < 4.78 is 0. The van der Waals surface area contributed by atoms with Crippen molar-refractivity contribution in [3.8, 4) is 0 Å². The average Bonchev–Trinajstić information content (AvgIpc) is 2.68. The van der Waals surface area contributed by atoms with Crippen LogP contribution in [0.4, 0.5) is 0 Å². The zero-order chi connectivity index (χ0) is 11.0. The Kier molecular flexibility index (Phi) is 3.30. The van der Waals surface area contributed by atoms with Gasteiger partial charge in [0.05, 0.1) is 19.0 Å². The molecule has 4 nitrogen and oxygen atoms in total. The summed E-state index contributed by atoms with van der Waals surface area (Å²) in [7, 11) is 4.43. The average molecular weight is 212 g/mol. The molecular formula is C11H24N4. The normalized spacial score (nSPS) is 36.8. The summed E-state index contributed by atoms with van der Waals surface area (Å²) >= 11 is 0. The van der Waals surface area contributed by atoms with E-state index in [2.05, 4.69) is 47.5 Å². The van der Waals surface area contributed by atoms with Crippen molar-refractivity contribution >= 4 is 0 Å². The summed E-state index contributed by atoms with van der Waals surface area (Å²) in [4.78, 5) is 9.97. The summed E-state index contributed by atoms with van der Waals surface area (Å²) in [5.74, 6) is 0. The first-order chi connectivity index (χ1) is 7.09. The Bertz CT molecular complexity index is 199. The molecule has 0 amide bonds. The number of hydrogen-bond donors (Lipinski definition) is 0. The van der Waals surface area contributed by atoms with Gasteiger partial charge in [-0.05, 0) is 27.9 Å². The van der Waals surface area contributed by atoms with Crippen molar-refractivity contribution in [2.24, 2.45) is 0 Å². The minimum atomic E-state index is 0.600. The van der Waals surface area contributed by atoms with Gasteiger partial charge in [-0.25, -0.2) is 0 Å². The van der Waals surface area contributed by atoms with Crippen LogP contribution in [0.5, 0.6) is 0 Å². The van der Waals surface area contributed by atoms with E-state index >= 15 is 0 Å². The first-order valence-corrected chi connectivity index (χ1v) is 5.98. The van der Waals surface area contributed by atoms with Gasteiger partial charge in [0, 0.05) is 26.2 Å². The number of likely N-dealkylation sites (N-methyl/N-ethyl adjacent to an activating group) is 2. The quantitative estimate of drug-likeness (QED) is 0.645. The maximum atomic E-state index is 2.57. The minimum absolute atomic E-state index is 0.600. The van der Waals surface area contributed by atoms with Crippen LogP contribution in [-0.2, 0) is 0 Å². The van der Waals surface area contributed by atoms with Gasteiger partial charge in [-0.2, -0.15) is 0 Å². The highest BCUT2D eigenvalue weighted by Crippen LogP contribution is 2.17. The number of rotatable bonds is 2. The van der Waals surface area contributed by atoms with E-state index in [0.717, 1.165) is 6.67 Å². The van der Waals surface area contributed by atoms with Crippen LogP contribution >= 0.6 is 0 Å². The van der Waals surface area contributed by atoms with Crippen molar-refractivity contribution < 1.29 is 0 Å². The maximum Gasteiger partial charge on any atom is 0.0603 e. The molecule has 2 fully saturated rings.